The molecule has 1 aromatic carbocycles. The van der Waals surface area contributed by atoms with Crippen LogP contribution in [-0.4, -0.2) is 54.2 Å². The third-order valence-electron chi connectivity index (χ3n) is 7.23. The number of aromatic nitrogens is 1. The SMILES string of the molecule is C[C@H]1CC2CN(C(=O)COCC3(c4ccccc4)CC3)CC1N2c1ccc(C#N)cn1. The average Bonchev–Trinajstić information content (AvgIpc) is 3.56. The molecule has 31 heavy (non-hydrogen) atoms. The number of benzene rings is 1. The van der Waals surface area contributed by atoms with Gasteiger partial charge in [-0.3, -0.25) is 4.79 Å². The summed E-state index contributed by atoms with van der Waals surface area (Å²) in [5, 5.41) is 9.02. The Balaban J connectivity index is 1.19. The van der Waals surface area contributed by atoms with Gasteiger partial charge in [0.25, 0.3) is 0 Å². The normalized spacial score (nSPS) is 25.9. The van der Waals surface area contributed by atoms with Crippen LogP contribution in [0.4, 0.5) is 5.82 Å². The summed E-state index contributed by atoms with van der Waals surface area (Å²) in [5.41, 5.74) is 1.99. The first-order chi connectivity index (χ1) is 15.1. The molecule has 160 valence electrons. The first-order valence-electron chi connectivity index (χ1n) is 11.2. The number of carbonyl (C=O) groups is 1. The number of anilines is 1. The van der Waals surface area contributed by atoms with Crippen molar-refractivity contribution in [2.45, 2.75) is 43.7 Å². The fourth-order valence-electron chi connectivity index (χ4n) is 5.28. The van der Waals surface area contributed by atoms with E-state index in [0.29, 0.717) is 31.2 Å². The third kappa shape index (κ3) is 3.79. The van der Waals surface area contributed by atoms with Crippen LogP contribution in [0, 0.1) is 17.2 Å². The van der Waals surface area contributed by atoms with Gasteiger partial charge in [0.1, 0.15) is 18.5 Å². The molecule has 3 aliphatic rings. The van der Waals surface area contributed by atoms with Crippen LogP contribution in [-0.2, 0) is 14.9 Å². The van der Waals surface area contributed by atoms with E-state index in [1.54, 1.807) is 6.20 Å². The Labute approximate surface area is 183 Å². The van der Waals surface area contributed by atoms with Crippen LogP contribution in [0.3, 0.4) is 0 Å². The van der Waals surface area contributed by atoms with E-state index in [9.17, 15) is 4.79 Å². The largest absolute Gasteiger partial charge is 0.371 e. The molecule has 0 spiro atoms. The molecule has 5 rings (SSSR count). The topological polar surface area (TPSA) is 69.5 Å². The zero-order valence-electron chi connectivity index (χ0n) is 17.9. The summed E-state index contributed by atoms with van der Waals surface area (Å²) < 4.78 is 5.94. The quantitative estimate of drug-likeness (QED) is 0.724. The molecule has 3 fully saturated rings. The molecule has 1 aliphatic carbocycles. The van der Waals surface area contributed by atoms with E-state index in [-0.39, 0.29) is 30.0 Å². The number of fused-ring (bicyclic) bond motifs is 2. The van der Waals surface area contributed by atoms with Crippen LogP contribution in [0.1, 0.15) is 37.3 Å². The Bertz CT molecular complexity index is 981. The van der Waals surface area contributed by atoms with Crippen LogP contribution >= 0.6 is 0 Å². The predicted octanol–water partition coefficient (Wildman–Crippen LogP) is 3.13. The number of pyridine rings is 1. The van der Waals surface area contributed by atoms with Crippen LogP contribution in [0.15, 0.2) is 48.7 Å². The zero-order valence-corrected chi connectivity index (χ0v) is 17.9. The summed E-state index contributed by atoms with van der Waals surface area (Å²) in [4.78, 5) is 21.8. The van der Waals surface area contributed by atoms with E-state index < -0.39 is 0 Å². The third-order valence-corrected chi connectivity index (χ3v) is 7.23. The number of piperazine rings is 1. The predicted molar refractivity (Wildman–Crippen MR) is 118 cm³/mol. The van der Waals surface area contributed by atoms with Crippen molar-refractivity contribution in [2.75, 3.05) is 31.2 Å². The van der Waals surface area contributed by atoms with Gasteiger partial charge in [0.05, 0.1) is 18.2 Å². The minimum absolute atomic E-state index is 0.0837. The summed E-state index contributed by atoms with van der Waals surface area (Å²) in [6, 6.07) is 16.9. The Kier molecular flexibility index (Phi) is 5.15. The van der Waals surface area contributed by atoms with Gasteiger partial charge in [-0.15, -0.1) is 0 Å². The summed E-state index contributed by atoms with van der Waals surface area (Å²) >= 11 is 0. The Morgan fingerprint density at radius 1 is 1.23 bits per heavy atom. The van der Waals surface area contributed by atoms with Crippen molar-refractivity contribution < 1.29 is 9.53 Å². The molecule has 0 N–H and O–H groups in total. The lowest BCUT2D eigenvalue weighted by atomic mass is 9.97. The van der Waals surface area contributed by atoms with Crippen LogP contribution in [0.25, 0.3) is 0 Å². The Morgan fingerprint density at radius 3 is 2.68 bits per heavy atom. The van der Waals surface area contributed by atoms with Gasteiger partial charge in [0.15, 0.2) is 0 Å². The Morgan fingerprint density at radius 2 is 2.03 bits per heavy atom. The van der Waals surface area contributed by atoms with Crippen molar-refractivity contribution in [1.29, 1.82) is 5.26 Å². The number of hydrogen-bond acceptors (Lipinski definition) is 5. The fraction of sp³-hybridized carbons (Fsp3) is 0.480. The second-order valence-electron chi connectivity index (χ2n) is 9.30. The highest BCUT2D eigenvalue weighted by Gasteiger charge is 2.47. The maximum atomic E-state index is 12.9. The van der Waals surface area contributed by atoms with Gasteiger partial charge in [-0.2, -0.15) is 5.26 Å². The molecule has 3 atom stereocenters. The molecule has 0 radical (unpaired) electrons. The van der Waals surface area contributed by atoms with Crippen LogP contribution in [0.5, 0.6) is 0 Å². The molecule has 3 heterocycles. The molecule has 1 amide bonds. The van der Waals surface area contributed by atoms with E-state index >= 15 is 0 Å². The van der Waals surface area contributed by atoms with E-state index in [1.165, 1.54) is 5.56 Å². The molecular weight excluding hydrogens is 388 g/mol. The van der Waals surface area contributed by atoms with E-state index in [4.69, 9.17) is 10.00 Å². The van der Waals surface area contributed by atoms with Crippen molar-refractivity contribution in [3.05, 3.63) is 59.8 Å². The smallest absolute Gasteiger partial charge is 0.248 e. The number of carbonyl (C=O) groups excluding carboxylic acids is 1. The second kappa shape index (κ2) is 7.97. The number of nitrogens with zero attached hydrogens (tertiary/aromatic N) is 4. The van der Waals surface area contributed by atoms with Gasteiger partial charge in [0.2, 0.25) is 5.91 Å². The number of rotatable bonds is 6. The van der Waals surface area contributed by atoms with Crippen molar-refractivity contribution in [1.82, 2.24) is 9.88 Å². The lowest BCUT2D eigenvalue weighted by molar-refractivity contribution is -0.137. The Hall–Kier alpha value is -2.91. The summed E-state index contributed by atoms with van der Waals surface area (Å²) in [7, 11) is 0. The molecule has 1 saturated carbocycles. The summed E-state index contributed by atoms with van der Waals surface area (Å²) in [5.74, 6) is 1.48. The van der Waals surface area contributed by atoms with Crippen LogP contribution in [0.2, 0.25) is 0 Å². The molecule has 2 aliphatic heterocycles. The standard InChI is InChI=1S/C25H28N4O2/c1-18-11-21-14-28(15-22(18)29(21)23-8-7-19(12-26)13-27-23)24(30)16-31-17-25(9-10-25)20-5-3-2-4-6-20/h2-8,13,18,21-22H,9-11,14-17H2,1H3/t18-,21?,22?/m0/s1. The van der Waals surface area contributed by atoms with Crippen molar-refractivity contribution >= 4 is 11.7 Å². The van der Waals surface area contributed by atoms with Crippen molar-refractivity contribution in [2.24, 2.45) is 5.92 Å². The number of ether oxygens (including phenoxy) is 1. The first-order valence-corrected chi connectivity index (χ1v) is 11.2. The van der Waals surface area contributed by atoms with E-state index in [0.717, 1.165) is 25.1 Å². The number of hydrogen-bond donors (Lipinski definition) is 0. The average molecular weight is 417 g/mol. The molecule has 2 unspecified atom stereocenters. The summed E-state index contributed by atoms with van der Waals surface area (Å²) in [6.07, 6.45) is 4.94. The van der Waals surface area contributed by atoms with Gasteiger partial charge in [-0.05, 0) is 42.9 Å². The maximum Gasteiger partial charge on any atom is 0.248 e. The number of amides is 1. The highest BCUT2D eigenvalue weighted by Crippen LogP contribution is 2.48. The fourth-order valence-corrected chi connectivity index (χ4v) is 5.28. The molecular formula is C25H28N4O2. The minimum Gasteiger partial charge on any atom is -0.371 e. The minimum atomic E-state index is 0.0837. The summed E-state index contributed by atoms with van der Waals surface area (Å²) in [6.45, 7) is 4.42. The number of nitriles is 1. The first kappa shape index (κ1) is 20.0. The zero-order chi connectivity index (χ0) is 21.4. The van der Waals surface area contributed by atoms with E-state index in [2.05, 4.69) is 47.1 Å². The molecule has 2 saturated heterocycles. The van der Waals surface area contributed by atoms with Gasteiger partial charge < -0.3 is 14.5 Å². The van der Waals surface area contributed by atoms with Crippen molar-refractivity contribution in [3.63, 3.8) is 0 Å². The second-order valence-corrected chi connectivity index (χ2v) is 9.30. The van der Waals surface area contributed by atoms with Gasteiger partial charge in [-0.25, -0.2) is 4.98 Å². The number of likely N-dealkylation sites (tertiary alicyclic amines) is 1. The lowest BCUT2D eigenvalue weighted by Crippen LogP contribution is -2.57. The van der Waals surface area contributed by atoms with Crippen LogP contribution < -0.4 is 4.90 Å². The maximum absolute atomic E-state index is 12.9. The highest BCUT2D eigenvalue weighted by atomic mass is 16.5. The molecule has 1 aromatic heterocycles. The molecule has 6 heteroatoms. The van der Waals surface area contributed by atoms with Crippen molar-refractivity contribution in [3.8, 4) is 6.07 Å². The monoisotopic (exact) mass is 416 g/mol. The molecule has 2 aromatic rings. The van der Waals surface area contributed by atoms with Gasteiger partial charge in [0, 0.05) is 30.7 Å². The van der Waals surface area contributed by atoms with Gasteiger partial charge >= 0.3 is 0 Å². The molecule has 6 nitrogen and oxygen atoms in total. The highest BCUT2D eigenvalue weighted by molar-refractivity contribution is 5.78. The van der Waals surface area contributed by atoms with E-state index in [1.807, 2.05) is 23.1 Å². The van der Waals surface area contributed by atoms with Gasteiger partial charge in [-0.1, -0.05) is 37.3 Å². The lowest BCUT2D eigenvalue weighted by Gasteiger charge is -2.42. The molecule has 2 bridgehead atoms.